The zero-order chi connectivity index (χ0) is 13.2. The molecule has 0 saturated carbocycles. The van der Waals surface area contributed by atoms with Crippen LogP contribution in [0.5, 0.6) is 5.75 Å². The summed E-state index contributed by atoms with van der Waals surface area (Å²) >= 11 is 2.61. The van der Waals surface area contributed by atoms with E-state index in [1.54, 1.807) is 0 Å². The lowest BCUT2D eigenvalue weighted by Gasteiger charge is -2.15. The molecule has 1 N–H and O–H groups in total. The third-order valence-electron chi connectivity index (χ3n) is 1.88. The van der Waals surface area contributed by atoms with Crippen LogP contribution in [-0.2, 0) is 4.79 Å². The van der Waals surface area contributed by atoms with Crippen LogP contribution in [0.2, 0.25) is 0 Å². The highest BCUT2D eigenvalue weighted by Crippen LogP contribution is 2.44. The van der Waals surface area contributed by atoms with Crippen molar-refractivity contribution in [2.24, 2.45) is 0 Å². The molecule has 0 aliphatic carbocycles. The fraction of sp³-hybridized carbons (Fsp3) is 0.300. The molecule has 0 heterocycles. The van der Waals surface area contributed by atoms with E-state index >= 15 is 0 Å². The Kier molecular flexibility index (Phi) is 4.48. The highest BCUT2D eigenvalue weighted by Gasteiger charge is 2.32. The van der Waals surface area contributed by atoms with E-state index < -0.39 is 10.3 Å². The van der Waals surface area contributed by atoms with Gasteiger partial charge in [-0.1, -0.05) is 22.0 Å². The van der Waals surface area contributed by atoms with E-state index in [0.717, 1.165) is 0 Å². The molecule has 0 bridgehead atoms. The first-order valence-electron chi connectivity index (χ1n) is 4.44. The first-order chi connectivity index (χ1) is 7.72. The summed E-state index contributed by atoms with van der Waals surface area (Å²) in [6.07, 6.45) is 0. The summed E-state index contributed by atoms with van der Waals surface area (Å²) in [5.74, 6) is -0.716. The number of rotatable bonds is 3. The maximum atomic E-state index is 12.3. The van der Waals surface area contributed by atoms with E-state index in [1.807, 2.05) is 0 Å². The van der Waals surface area contributed by atoms with Crippen LogP contribution in [0.1, 0.15) is 17.3 Å². The maximum Gasteiger partial charge on any atom is 0.446 e. The van der Waals surface area contributed by atoms with E-state index in [9.17, 15) is 23.1 Å². The molecular formula is C10H8BrF3O2S. The SMILES string of the molecule is CC(=O)C(Br)c1c(O)cccc1SC(F)(F)F. The van der Waals surface area contributed by atoms with Crippen LogP contribution >= 0.6 is 27.7 Å². The smallest absolute Gasteiger partial charge is 0.446 e. The number of phenolic OH excluding ortho intramolecular Hbond substituents is 1. The molecule has 0 saturated heterocycles. The molecule has 7 heteroatoms. The summed E-state index contributed by atoms with van der Waals surface area (Å²) in [5.41, 5.74) is -4.52. The van der Waals surface area contributed by atoms with Crippen molar-refractivity contribution in [3.8, 4) is 5.75 Å². The molecule has 1 aromatic carbocycles. The Morgan fingerprint density at radius 2 is 2.06 bits per heavy atom. The average molecular weight is 329 g/mol. The number of carbonyl (C=O) groups is 1. The van der Waals surface area contributed by atoms with Gasteiger partial charge in [-0.25, -0.2) is 0 Å². The number of carbonyl (C=O) groups excluding carboxylic acids is 1. The third kappa shape index (κ3) is 3.92. The largest absolute Gasteiger partial charge is 0.508 e. The van der Waals surface area contributed by atoms with Crippen molar-refractivity contribution in [1.82, 2.24) is 0 Å². The van der Waals surface area contributed by atoms with Gasteiger partial charge in [0.2, 0.25) is 0 Å². The Hall–Kier alpha value is -0.690. The second kappa shape index (κ2) is 5.30. The van der Waals surface area contributed by atoms with Gasteiger partial charge in [0.15, 0.2) is 0 Å². The summed E-state index contributed by atoms with van der Waals surface area (Å²) in [7, 11) is 0. The van der Waals surface area contributed by atoms with Gasteiger partial charge < -0.3 is 5.11 Å². The van der Waals surface area contributed by atoms with Crippen molar-refractivity contribution >= 4 is 33.5 Å². The molecule has 0 aliphatic heterocycles. The van der Waals surface area contributed by atoms with Crippen molar-refractivity contribution in [2.75, 3.05) is 0 Å². The van der Waals surface area contributed by atoms with Crippen LogP contribution in [0, 0.1) is 0 Å². The number of alkyl halides is 4. The van der Waals surface area contributed by atoms with Crippen LogP contribution in [0.15, 0.2) is 23.1 Å². The Labute approximate surface area is 108 Å². The molecule has 1 unspecified atom stereocenters. The Balaban J connectivity index is 3.22. The monoisotopic (exact) mass is 328 g/mol. The molecule has 0 spiro atoms. The lowest BCUT2D eigenvalue weighted by atomic mass is 10.1. The Morgan fingerprint density at radius 1 is 1.47 bits per heavy atom. The van der Waals surface area contributed by atoms with Gasteiger partial charge in [0.05, 0.1) is 0 Å². The van der Waals surface area contributed by atoms with E-state index in [-0.39, 0.29) is 33.8 Å². The van der Waals surface area contributed by atoms with Gasteiger partial charge in [-0.2, -0.15) is 13.2 Å². The second-order valence-corrected chi connectivity index (χ2v) is 5.23. The maximum absolute atomic E-state index is 12.3. The van der Waals surface area contributed by atoms with Crippen molar-refractivity contribution < 1.29 is 23.1 Å². The number of ketones is 1. The first-order valence-corrected chi connectivity index (χ1v) is 6.17. The van der Waals surface area contributed by atoms with E-state index in [1.165, 1.54) is 25.1 Å². The number of thioether (sulfide) groups is 1. The van der Waals surface area contributed by atoms with E-state index in [2.05, 4.69) is 15.9 Å². The quantitative estimate of drug-likeness (QED) is 0.672. The van der Waals surface area contributed by atoms with E-state index in [4.69, 9.17) is 0 Å². The van der Waals surface area contributed by atoms with Crippen molar-refractivity contribution in [1.29, 1.82) is 0 Å². The molecule has 17 heavy (non-hydrogen) atoms. The summed E-state index contributed by atoms with van der Waals surface area (Å²) in [4.78, 5) is 10.0. The van der Waals surface area contributed by atoms with Crippen LogP contribution in [0.4, 0.5) is 13.2 Å². The molecule has 0 aromatic heterocycles. The van der Waals surface area contributed by atoms with Crippen molar-refractivity contribution in [2.45, 2.75) is 22.2 Å². The number of hydrogen-bond donors (Lipinski definition) is 1. The number of Topliss-reactive ketones (excluding diaryl/α,β-unsaturated/α-hetero) is 1. The molecule has 0 radical (unpaired) electrons. The molecule has 2 nitrogen and oxygen atoms in total. The van der Waals surface area contributed by atoms with Gasteiger partial charge in [0, 0.05) is 10.5 Å². The third-order valence-corrected chi connectivity index (χ3v) is 3.79. The van der Waals surface area contributed by atoms with Gasteiger partial charge in [-0.3, -0.25) is 4.79 Å². The summed E-state index contributed by atoms with van der Waals surface area (Å²) < 4.78 is 36.9. The zero-order valence-electron chi connectivity index (χ0n) is 8.58. The van der Waals surface area contributed by atoms with Crippen LogP contribution in [0.25, 0.3) is 0 Å². The lowest BCUT2D eigenvalue weighted by molar-refractivity contribution is -0.116. The average Bonchev–Trinajstić information content (AvgIpc) is 2.14. The number of hydrogen-bond acceptors (Lipinski definition) is 3. The minimum Gasteiger partial charge on any atom is -0.508 e. The lowest BCUT2D eigenvalue weighted by Crippen LogP contribution is -2.06. The van der Waals surface area contributed by atoms with Gasteiger partial charge in [-0.15, -0.1) is 0 Å². The molecule has 1 atom stereocenters. The summed E-state index contributed by atoms with van der Waals surface area (Å²) in [6, 6.07) is 3.75. The van der Waals surface area contributed by atoms with Gasteiger partial charge in [0.1, 0.15) is 16.4 Å². The van der Waals surface area contributed by atoms with Crippen LogP contribution in [-0.4, -0.2) is 16.4 Å². The van der Waals surface area contributed by atoms with Crippen LogP contribution in [0.3, 0.4) is 0 Å². The predicted molar refractivity (Wildman–Crippen MR) is 62.4 cm³/mol. The van der Waals surface area contributed by atoms with Gasteiger partial charge in [-0.05, 0) is 30.8 Å². The molecule has 0 amide bonds. The Morgan fingerprint density at radius 3 is 2.53 bits per heavy atom. The summed E-state index contributed by atoms with van der Waals surface area (Å²) in [5, 5.41) is 9.54. The molecule has 1 rings (SSSR count). The van der Waals surface area contributed by atoms with Gasteiger partial charge in [0.25, 0.3) is 0 Å². The number of halogens is 4. The minimum atomic E-state index is -4.47. The zero-order valence-corrected chi connectivity index (χ0v) is 11.0. The Bertz CT molecular complexity index is 434. The van der Waals surface area contributed by atoms with Crippen molar-refractivity contribution in [3.63, 3.8) is 0 Å². The number of aromatic hydroxyl groups is 1. The predicted octanol–water partition coefficient (Wildman–Crippen LogP) is 4.03. The molecular weight excluding hydrogens is 321 g/mol. The van der Waals surface area contributed by atoms with Crippen molar-refractivity contribution in [3.05, 3.63) is 23.8 Å². The summed E-state index contributed by atoms with van der Waals surface area (Å²) in [6.45, 7) is 1.23. The highest BCUT2D eigenvalue weighted by molar-refractivity contribution is 9.09. The van der Waals surface area contributed by atoms with Crippen LogP contribution < -0.4 is 0 Å². The molecule has 0 aliphatic rings. The van der Waals surface area contributed by atoms with Gasteiger partial charge >= 0.3 is 5.51 Å². The first kappa shape index (κ1) is 14.4. The fourth-order valence-corrected chi connectivity index (χ4v) is 2.57. The fourth-order valence-electron chi connectivity index (χ4n) is 1.20. The standard InChI is InChI=1S/C10H8BrF3O2S/c1-5(15)9(11)8-6(16)3-2-4-7(8)17-10(12,13)14/h2-4,9,16H,1H3. The molecule has 0 fully saturated rings. The second-order valence-electron chi connectivity index (χ2n) is 3.21. The minimum absolute atomic E-state index is 0.0534. The number of benzene rings is 1. The normalized spacial score (nSPS) is 13.5. The topological polar surface area (TPSA) is 37.3 Å². The molecule has 94 valence electrons. The number of phenols is 1. The molecule has 1 aromatic rings. The van der Waals surface area contributed by atoms with E-state index in [0.29, 0.717) is 0 Å². The highest BCUT2D eigenvalue weighted by atomic mass is 79.9.